The van der Waals surface area contributed by atoms with E-state index in [1.165, 1.54) is 11.0 Å². The molecule has 112 valence electrons. The third-order valence-electron chi connectivity index (χ3n) is 3.14. The summed E-state index contributed by atoms with van der Waals surface area (Å²) in [5.74, 6) is -0.111. The van der Waals surface area contributed by atoms with Gasteiger partial charge in [-0.25, -0.2) is 9.36 Å². The highest BCUT2D eigenvalue weighted by Crippen LogP contribution is 2.08. The zero-order valence-electron chi connectivity index (χ0n) is 11.8. The molecule has 0 aliphatic heterocycles. The van der Waals surface area contributed by atoms with Gasteiger partial charge in [0.1, 0.15) is 12.9 Å². The summed E-state index contributed by atoms with van der Waals surface area (Å²) in [5.41, 5.74) is 2.16. The second-order valence-corrected chi connectivity index (χ2v) is 4.72. The van der Waals surface area contributed by atoms with E-state index < -0.39 is 0 Å². The van der Waals surface area contributed by atoms with Gasteiger partial charge in [0.2, 0.25) is 5.91 Å². The SMILES string of the molecule is O=C(Cn1cnnn1)NCCc1ccc(-n2cccn2)cc1. The van der Waals surface area contributed by atoms with Crippen molar-refractivity contribution >= 4 is 5.91 Å². The summed E-state index contributed by atoms with van der Waals surface area (Å²) >= 11 is 0. The first-order valence-corrected chi connectivity index (χ1v) is 6.88. The lowest BCUT2D eigenvalue weighted by Gasteiger charge is -2.06. The van der Waals surface area contributed by atoms with Gasteiger partial charge in [0.05, 0.1) is 5.69 Å². The number of tetrazole rings is 1. The molecule has 0 bridgehead atoms. The normalized spacial score (nSPS) is 10.5. The van der Waals surface area contributed by atoms with Crippen LogP contribution >= 0.6 is 0 Å². The van der Waals surface area contributed by atoms with Gasteiger partial charge in [0, 0.05) is 18.9 Å². The first kappa shape index (κ1) is 13.9. The Morgan fingerprint density at radius 1 is 1.23 bits per heavy atom. The topological polar surface area (TPSA) is 90.5 Å². The molecule has 8 heteroatoms. The van der Waals surface area contributed by atoms with Gasteiger partial charge in [0.25, 0.3) is 0 Å². The van der Waals surface area contributed by atoms with Gasteiger partial charge in [0.15, 0.2) is 0 Å². The fraction of sp³-hybridized carbons (Fsp3) is 0.214. The summed E-state index contributed by atoms with van der Waals surface area (Å²) in [4.78, 5) is 11.7. The van der Waals surface area contributed by atoms with Crippen molar-refractivity contribution in [2.75, 3.05) is 6.54 Å². The highest BCUT2D eigenvalue weighted by Gasteiger charge is 2.03. The number of amides is 1. The van der Waals surface area contributed by atoms with Crippen molar-refractivity contribution in [2.45, 2.75) is 13.0 Å². The van der Waals surface area contributed by atoms with Crippen LogP contribution in [0.5, 0.6) is 0 Å². The fourth-order valence-corrected chi connectivity index (χ4v) is 2.04. The van der Waals surface area contributed by atoms with Gasteiger partial charge in [-0.2, -0.15) is 5.10 Å². The van der Waals surface area contributed by atoms with Crippen molar-refractivity contribution in [3.63, 3.8) is 0 Å². The van der Waals surface area contributed by atoms with E-state index in [4.69, 9.17) is 0 Å². The van der Waals surface area contributed by atoms with Crippen molar-refractivity contribution in [1.82, 2.24) is 35.3 Å². The molecule has 0 aliphatic rings. The summed E-state index contributed by atoms with van der Waals surface area (Å²) in [5, 5.41) is 17.6. The van der Waals surface area contributed by atoms with Gasteiger partial charge in [-0.15, -0.1) is 5.10 Å². The number of carbonyl (C=O) groups is 1. The molecule has 3 aromatic rings. The minimum Gasteiger partial charge on any atom is -0.354 e. The van der Waals surface area contributed by atoms with Gasteiger partial charge in [-0.05, 0) is 40.6 Å². The maximum Gasteiger partial charge on any atom is 0.241 e. The Hall–Kier alpha value is -3.03. The maximum absolute atomic E-state index is 11.7. The molecule has 0 aliphatic carbocycles. The number of rotatable bonds is 6. The van der Waals surface area contributed by atoms with Gasteiger partial charge in [-0.1, -0.05) is 12.1 Å². The molecule has 0 unspecified atom stereocenters. The molecule has 0 saturated heterocycles. The van der Waals surface area contributed by atoms with Gasteiger partial charge in [-0.3, -0.25) is 4.79 Å². The van der Waals surface area contributed by atoms with Crippen LogP contribution in [-0.2, 0) is 17.8 Å². The molecule has 0 atom stereocenters. The third-order valence-corrected chi connectivity index (χ3v) is 3.14. The lowest BCUT2D eigenvalue weighted by atomic mass is 10.1. The van der Waals surface area contributed by atoms with Gasteiger partial charge < -0.3 is 5.32 Å². The molecular formula is C14H15N7O. The fourth-order valence-electron chi connectivity index (χ4n) is 2.04. The van der Waals surface area contributed by atoms with Crippen molar-refractivity contribution in [3.8, 4) is 5.69 Å². The Kier molecular flexibility index (Phi) is 4.19. The number of aromatic nitrogens is 6. The number of benzene rings is 1. The van der Waals surface area contributed by atoms with E-state index in [2.05, 4.69) is 25.9 Å². The molecule has 8 nitrogen and oxygen atoms in total. The van der Waals surface area contributed by atoms with Crippen LogP contribution in [0.1, 0.15) is 5.56 Å². The Morgan fingerprint density at radius 2 is 2.09 bits per heavy atom. The van der Waals surface area contributed by atoms with E-state index in [1.54, 1.807) is 10.9 Å². The zero-order chi connectivity index (χ0) is 15.2. The molecular weight excluding hydrogens is 282 g/mol. The average Bonchev–Trinajstić information content (AvgIpc) is 3.21. The molecule has 0 spiro atoms. The molecule has 0 radical (unpaired) electrons. The lowest BCUT2D eigenvalue weighted by molar-refractivity contribution is -0.121. The Morgan fingerprint density at radius 3 is 2.77 bits per heavy atom. The molecule has 0 saturated carbocycles. The van der Waals surface area contributed by atoms with Crippen molar-refractivity contribution in [3.05, 3.63) is 54.6 Å². The van der Waals surface area contributed by atoms with Crippen LogP contribution in [0.4, 0.5) is 0 Å². The molecule has 3 rings (SSSR count). The standard InChI is InChI=1S/C14H15N7O/c22-14(10-20-11-16-18-19-20)15-8-6-12-2-4-13(5-3-12)21-9-1-7-17-21/h1-5,7,9,11H,6,8,10H2,(H,15,22). The van der Waals surface area contributed by atoms with Crippen molar-refractivity contribution < 1.29 is 4.79 Å². The molecule has 22 heavy (non-hydrogen) atoms. The second-order valence-electron chi connectivity index (χ2n) is 4.72. The first-order valence-electron chi connectivity index (χ1n) is 6.88. The largest absolute Gasteiger partial charge is 0.354 e. The van der Waals surface area contributed by atoms with E-state index >= 15 is 0 Å². The molecule has 1 aromatic carbocycles. The van der Waals surface area contributed by atoms with E-state index in [9.17, 15) is 4.79 Å². The van der Waals surface area contributed by atoms with E-state index in [-0.39, 0.29) is 12.5 Å². The van der Waals surface area contributed by atoms with E-state index in [0.29, 0.717) is 6.54 Å². The lowest BCUT2D eigenvalue weighted by Crippen LogP contribution is -2.29. The summed E-state index contributed by atoms with van der Waals surface area (Å²) < 4.78 is 3.19. The monoisotopic (exact) mass is 297 g/mol. The van der Waals surface area contributed by atoms with Crippen molar-refractivity contribution in [2.24, 2.45) is 0 Å². The number of hydrogen-bond acceptors (Lipinski definition) is 5. The number of nitrogens with one attached hydrogen (secondary N) is 1. The minimum absolute atomic E-state index is 0.111. The van der Waals surface area contributed by atoms with Crippen LogP contribution in [-0.4, -0.2) is 42.4 Å². The minimum atomic E-state index is -0.111. The Balaban J connectivity index is 1.46. The average molecular weight is 297 g/mol. The predicted molar refractivity (Wildman–Crippen MR) is 78.1 cm³/mol. The van der Waals surface area contributed by atoms with Crippen LogP contribution in [0, 0.1) is 0 Å². The zero-order valence-corrected chi connectivity index (χ0v) is 11.8. The Labute approximate surface area is 126 Å². The smallest absolute Gasteiger partial charge is 0.241 e. The number of carbonyl (C=O) groups excluding carboxylic acids is 1. The number of hydrogen-bond donors (Lipinski definition) is 1. The quantitative estimate of drug-likeness (QED) is 0.703. The van der Waals surface area contributed by atoms with Crippen molar-refractivity contribution in [1.29, 1.82) is 0 Å². The maximum atomic E-state index is 11.7. The van der Waals surface area contributed by atoms with Crippen LogP contribution in [0.3, 0.4) is 0 Å². The predicted octanol–water partition coefficient (Wildman–Crippen LogP) is 0.218. The second kappa shape index (κ2) is 6.61. The highest BCUT2D eigenvalue weighted by atomic mass is 16.2. The first-order chi connectivity index (χ1) is 10.8. The number of nitrogens with zero attached hydrogens (tertiary/aromatic N) is 6. The van der Waals surface area contributed by atoms with Crippen LogP contribution in [0.25, 0.3) is 5.69 Å². The van der Waals surface area contributed by atoms with Crippen LogP contribution < -0.4 is 5.32 Å². The summed E-state index contributed by atoms with van der Waals surface area (Å²) in [7, 11) is 0. The van der Waals surface area contributed by atoms with Crippen LogP contribution in [0.15, 0.2) is 49.1 Å². The molecule has 2 heterocycles. The molecule has 1 N–H and O–H groups in total. The van der Waals surface area contributed by atoms with E-state index in [0.717, 1.165) is 17.7 Å². The van der Waals surface area contributed by atoms with Crippen LogP contribution in [0.2, 0.25) is 0 Å². The molecule has 0 fully saturated rings. The molecule has 2 aromatic heterocycles. The third kappa shape index (κ3) is 3.54. The molecule has 1 amide bonds. The van der Waals surface area contributed by atoms with Gasteiger partial charge >= 0.3 is 0 Å². The highest BCUT2D eigenvalue weighted by molar-refractivity contribution is 5.75. The van der Waals surface area contributed by atoms with E-state index in [1.807, 2.05) is 36.5 Å². The Bertz CT molecular complexity index is 704. The summed E-state index contributed by atoms with van der Waals surface area (Å²) in [6.07, 6.45) is 5.82. The summed E-state index contributed by atoms with van der Waals surface area (Å²) in [6.45, 7) is 0.702. The summed E-state index contributed by atoms with van der Waals surface area (Å²) in [6, 6.07) is 9.96.